The van der Waals surface area contributed by atoms with E-state index in [9.17, 15) is 9.59 Å². The highest BCUT2D eigenvalue weighted by Crippen LogP contribution is 2.37. The number of carbonyl (C=O) groups is 2. The number of imide groups is 1. The van der Waals surface area contributed by atoms with E-state index in [1.54, 1.807) is 26.4 Å². The van der Waals surface area contributed by atoms with Crippen LogP contribution in [-0.4, -0.2) is 55.5 Å². The van der Waals surface area contributed by atoms with Crippen LogP contribution < -0.4 is 9.47 Å². The van der Waals surface area contributed by atoms with Crippen molar-refractivity contribution in [1.82, 2.24) is 9.80 Å². The molecule has 164 valence electrons. The van der Waals surface area contributed by atoms with Crippen LogP contribution in [0.1, 0.15) is 63.9 Å². The first-order valence-corrected chi connectivity index (χ1v) is 11.2. The average Bonchev–Trinajstić information content (AvgIpc) is 3.37. The zero-order valence-electron chi connectivity index (χ0n) is 18.5. The van der Waals surface area contributed by atoms with Crippen molar-refractivity contribution in [3.63, 3.8) is 0 Å². The van der Waals surface area contributed by atoms with Crippen molar-refractivity contribution in [2.75, 3.05) is 33.9 Å². The minimum Gasteiger partial charge on any atom is -0.493 e. The Labute approximate surface area is 179 Å². The van der Waals surface area contributed by atoms with Gasteiger partial charge in [0, 0.05) is 19.6 Å². The van der Waals surface area contributed by atoms with Gasteiger partial charge in [0.2, 0.25) is 0 Å². The highest BCUT2D eigenvalue weighted by Gasteiger charge is 2.41. The highest BCUT2D eigenvalue weighted by atomic mass is 16.5. The van der Waals surface area contributed by atoms with Crippen molar-refractivity contribution in [1.29, 1.82) is 0 Å². The van der Waals surface area contributed by atoms with Crippen LogP contribution in [0.5, 0.6) is 11.5 Å². The molecule has 0 atom stereocenters. The zero-order valence-corrected chi connectivity index (χ0v) is 18.5. The second-order valence-electron chi connectivity index (χ2n) is 8.02. The van der Waals surface area contributed by atoms with Crippen molar-refractivity contribution < 1.29 is 19.1 Å². The van der Waals surface area contributed by atoms with E-state index in [1.165, 1.54) is 24.2 Å². The van der Waals surface area contributed by atoms with E-state index in [0.717, 1.165) is 45.2 Å². The third-order valence-corrected chi connectivity index (χ3v) is 5.97. The van der Waals surface area contributed by atoms with E-state index < -0.39 is 0 Å². The molecule has 1 fully saturated rings. The molecule has 6 heteroatoms. The Balaban J connectivity index is 1.84. The predicted molar refractivity (Wildman–Crippen MR) is 117 cm³/mol. The SMILES string of the molecule is CCCCCCCCN1C(=O)C(c2ccc(OC)c(OC)c2)=C(N2CCCC2)C1=O. The molecule has 3 rings (SSSR count). The smallest absolute Gasteiger partial charge is 0.277 e. The van der Waals surface area contributed by atoms with Gasteiger partial charge in [-0.1, -0.05) is 45.1 Å². The molecule has 2 aliphatic heterocycles. The van der Waals surface area contributed by atoms with E-state index in [4.69, 9.17) is 9.47 Å². The summed E-state index contributed by atoms with van der Waals surface area (Å²) in [5.74, 6) is 0.811. The summed E-state index contributed by atoms with van der Waals surface area (Å²) in [5.41, 5.74) is 1.75. The molecule has 0 bridgehead atoms. The summed E-state index contributed by atoms with van der Waals surface area (Å²) < 4.78 is 10.8. The fourth-order valence-electron chi connectivity index (χ4n) is 4.30. The lowest BCUT2D eigenvalue weighted by molar-refractivity contribution is -0.137. The molecule has 2 amide bonds. The molecule has 1 aromatic rings. The van der Waals surface area contributed by atoms with Gasteiger partial charge in [0.05, 0.1) is 19.8 Å². The molecular formula is C24H34N2O4. The van der Waals surface area contributed by atoms with E-state index in [-0.39, 0.29) is 11.8 Å². The summed E-state index contributed by atoms with van der Waals surface area (Å²) in [5, 5.41) is 0. The fourth-order valence-corrected chi connectivity index (χ4v) is 4.30. The molecule has 0 aromatic heterocycles. The van der Waals surface area contributed by atoms with Crippen LogP contribution in [0.2, 0.25) is 0 Å². The lowest BCUT2D eigenvalue weighted by Crippen LogP contribution is -2.35. The maximum Gasteiger partial charge on any atom is 0.277 e. The summed E-state index contributed by atoms with van der Waals surface area (Å²) in [6.45, 7) is 4.31. The number of carbonyl (C=O) groups excluding carboxylic acids is 2. The monoisotopic (exact) mass is 414 g/mol. The molecular weight excluding hydrogens is 380 g/mol. The number of likely N-dealkylation sites (tertiary alicyclic amines) is 1. The molecule has 1 saturated heterocycles. The van der Waals surface area contributed by atoms with Crippen LogP contribution in [0, 0.1) is 0 Å². The normalized spacial score (nSPS) is 16.8. The minimum atomic E-state index is -0.192. The molecule has 0 aliphatic carbocycles. The Bertz CT molecular complexity index is 796. The van der Waals surface area contributed by atoms with Crippen LogP contribution in [0.3, 0.4) is 0 Å². The zero-order chi connectivity index (χ0) is 21.5. The fraction of sp³-hybridized carbons (Fsp3) is 0.583. The molecule has 0 saturated carbocycles. The minimum absolute atomic E-state index is 0.153. The van der Waals surface area contributed by atoms with Crippen molar-refractivity contribution in [2.45, 2.75) is 58.3 Å². The van der Waals surface area contributed by atoms with Gasteiger partial charge in [-0.2, -0.15) is 0 Å². The quantitative estimate of drug-likeness (QED) is 0.400. The van der Waals surface area contributed by atoms with Gasteiger partial charge in [-0.3, -0.25) is 14.5 Å². The Morgan fingerprint density at radius 2 is 1.53 bits per heavy atom. The first-order chi connectivity index (χ1) is 14.6. The molecule has 30 heavy (non-hydrogen) atoms. The Morgan fingerprint density at radius 1 is 0.867 bits per heavy atom. The van der Waals surface area contributed by atoms with Gasteiger partial charge < -0.3 is 14.4 Å². The molecule has 1 aromatic carbocycles. The molecule has 0 spiro atoms. The Hall–Kier alpha value is -2.50. The number of nitrogens with zero attached hydrogens (tertiary/aromatic N) is 2. The van der Waals surface area contributed by atoms with E-state index in [0.29, 0.717) is 34.9 Å². The van der Waals surface area contributed by atoms with Crippen LogP contribution in [0.25, 0.3) is 5.57 Å². The number of rotatable bonds is 11. The summed E-state index contributed by atoms with van der Waals surface area (Å²) in [4.78, 5) is 30.2. The van der Waals surface area contributed by atoms with E-state index >= 15 is 0 Å². The maximum absolute atomic E-state index is 13.4. The third kappa shape index (κ3) is 4.63. The first kappa shape index (κ1) is 22.2. The lowest BCUT2D eigenvalue weighted by Gasteiger charge is -2.20. The summed E-state index contributed by atoms with van der Waals surface area (Å²) in [6.07, 6.45) is 8.80. The predicted octanol–water partition coefficient (Wildman–Crippen LogP) is 4.24. The molecule has 0 radical (unpaired) electrons. The molecule has 0 N–H and O–H groups in total. The summed E-state index contributed by atoms with van der Waals surface area (Å²) in [7, 11) is 3.16. The van der Waals surface area contributed by atoms with Gasteiger partial charge in [0.15, 0.2) is 11.5 Å². The topological polar surface area (TPSA) is 59.1 Å². The van der Waals surface area contributed by atoms with Crippen molar-refractivity contribution in [3.05, 3.63) is 29.5 Å². The number of hydrogen-bond donors (Lipinski definition) is 0. The van der Waals surface area contributed by atoms with Crippen molar-refractivity contribution in [2.24, 2.45) is 0 Å². The highest BCUT2D eigenvalue weighted by molar-refractivity contribution is 6.35. The number of benzene rings is 1. The van der Waals surface area contributed by atoms with Crippen LogP contribution in [-0.2, 0) is 9.59 Å². The number of unbranched alkanes of at least 4 members (excludes halogenated alkanes) is 5. The van der Waals surface area contributed by atoms with E-state index in [2.05, 4.69) is 11.8 Å². The summed E-state index contributed by atoms with van der Waals surface area (Å²) >= 11 is 0. The standard InChI is InChI=1S/C24H34N2O4/c1-4-5-6-7-8-9-16-26-23(27)21(22(24(26)28)25-14-10-11-15-25)18-12-13-19(29-2)20(17-18)30-3/h12-13,17H,4-11,14-16H2,1-3H3. The number of ether oxygens (including phenoxy) is 2. The van der Waals surface area contributed by atoms with Gasteiger partial charge >= 0.3 is 0 Å². The Kier molecular flexibility index (Phi) is 7.77. The lowest BCUT2D eigenvalue weighted by atomic mass is 10.0. The number of amides is 2. The van der Waals surface area contributed by atoms with Gasteiger partial charge in [-0.15, -0.1) is 0 Å². The second kappa shape index (κ2) is 10.5. The number of hydrogen-bond acceptors (Lipinski definition) is 5. The van der Waals surface area contributed by atoms with Gasteiger partial charge in [0.25, 0.3) is 11.8 Å². The number of methoxy groups -OCH3 is 2. The molecule has 0 unspecified atom stereocenters. The second-order valence-corrected chi connectivity index (χ2v) is 8.02. The Morgan fingerprint density at radius 3 is 2.20 bits per heavy atom. The van der Waals surface area contributed by atoms with Gasteiger partial charge in [-0.05, 0) is 37.0 Å². The van der Waals surface area contributed by atoms with Gasteiger partial charge in [0.1, 0.15) is 5.70 Å². The largest absolute Gasteiger partial charge is 0.493 e. The van der Waals surface area contributed by atoms with Crippen molar-refractivity contribution in [3.8, 4) is 11.5 Å². The first-order valence-electron chi connectivity index (χ1n) is 11.2. The van der Waals surface area contributed by atoms with E-state index in [1.807, 2.05) is 6.07 Å². The van der Waals surface area contributed by atoms with Crippen LogP contribution in [0.15, 0.2) is 23.9 Å². The van der Waals surface area contributed by atoms with Crippen molar-refractivity contribution >= 4 is 17.4 Å². The van der Waals surface area contributed by atoms with Gasteiger partial charge in [-0.25, -0.2) is 0 Å². The molecule has 2 aliphatic rings. The summed E-state index contributed by atoms with van der Waals surface area (Å²) in [6, 6.07) is 5.42. The maximum atomic E-state index is 13.4. The average molecular weight is 415 g/mol. The molecule has 2 heterocycles. The third-order valence-electron chi connectivity index (χ3n) is 5.97. The molecule has 6 nitrogen and oxygen atoms in total. The van der Waals surface area contributed by atoms with Crippen LogP contribution >= 0.6 is 0 Å². The van der Waals surface area contributed by atoms with Crippen LogP contribution in [0.4, 0.5) is 0 Å².